The highest BCUT2D eigenvalue weighted by atomic mass is 32.2. The van der Waals surface area contributed by atoms with Gasteiger partial charge >= 0.3 is 6.03 Å². The summed E-state index contributed by atoms with van der Waals surface area (Å²) in [5.74, 6) is -0.161. The molecule has 116 valence electrons. The van der Waals surface area contributed by atoms with Crippen molar-refractivity contribution in [1.29, 1.82) is 0 Å². The molecule has 2 aromatic heterocycles. The fourth-order valence-electron chi connectivity index (χ4n) is 2.46. The average molecular weight is 336 g/mol. The van der Waals surface area contributed by atoms with Gasteiger partial charge in [-0.2, -0.15) is 0 Å². The number of hydrogen-bond donors (Lipinski definition) is 2. The van der Waals surface area contributed by atoms with Crippen LogP contribution in [-0.2, 0) is 4.79 Å². The van der Waals surface area contributed by atoms with Crippen molar-refractivity contribution in [1.82, 2.24) is 20.6 Å². The van der Waals surface area contributed by atoms with Crippen LogP contribution in [0.15, 0.2) is 22.8 Å². The summed E-state index contributed by atoms with van der Waals surface area (Å²) in [5, 5.41) is 7.91. The van der Waals surface area contributed by atoms with Crippen molar-refractivity contribution in [3.63, 3.8) is 0 Å². The van der Waals surface area contributed by atoms with Gasteiger partial charge in [-0.05, 0) is 24.3 Å². The molecule has 6 nitrogen and oxygen atoms in total. The Morgan fingerprint density at radius 3 is 2.95 bits per heavy atom. The number of imide groups is 1. The molecular formula is C14H16N4O2S2. The smallest absolute Gasteiger partial charge is 0.321 e. The van der Waals surface area contributed by atoms with E-state index in [2.05, 4.69) is 20.6 Å². The van der Waals surface area contributed by atoms with Crippen LogP contribution >= 0.6 is 23.1 Å². The number of carbonyl (C=O) groups excluding carboxylic acids is 2. The van der Waals surface area contributed by atoms with E-state index < -0.39 is 6.03 Å². The number of nitrogens with zero attached hydrogens (tertiary/aromatic N) is 2. The summed E-state index contributed by atoms with van der Waals surface area (Å²) in [6.45, 7) is 0. The summed E-state index contributed by atoms with van der Waals surface area (Å²) in [6, 6.07) is 1.72. The predicted octanol–water partition coefficient (Wildman–Crippen LogP) is 2.55. The first-order valence-electron chi connectivity index (χ1n) is 7.14. The Morgan fingerprint density at radius 1 is 1.32 bits per heavy atom. The van der Waals surface area contributed by atoms with Crippen LogP contribution < -0.4 is 10.6 Å². The Labute approximate surface area is 136 Å². The summed E-state index contributed by atoms with van der Waals surface area (Å²) in [4.78, 5) is 31.9. The molecule has 22 heavy (non-hydrogen) atoms. The number of fused-ring (bicyclic) bond motifs is 1. The number of amides is 3. The summed E-state index contributed by atoms with van der Waals surface area (Å²) < 4.78 is 0.968. The minimum atomic E-state index is -0.401. The lowest BCUT2D eigenvalue weighted by molar-refractivity contribution is -0.117. The topological polar surface area (TPSA) is 84.0 Å². The van der Waals surface area contributed by atoms with E-state index in [4.69, 9.17) is 0 Å². The molecule has 0 atom stereocenters. The minimum absolute atomic E-state index is 0.155. The molecule has 2 heterocycles. The fraction of sp³-hybridized carbons (Fsp3) is 0.429. The summed E-state index contributed by atoms with van der Waals surface area (Å²) >= 11 is 2.86. The zero-order valence-electron chi connectivity index (χ0n) is 11.9. The number of aromatic nitrogens is 2. The van der Waals surface area contributed by atoms with Crippen molar-refractivity contribution in [2.75, 3.05) is 5.75 Å². The molecule has 1 aliphatic carbocycles. The van der Waals surface area contributed by atoms with E-state index in [0.717, 1.165) is 40.9 Å². The van der Waals surface area contributed by atoms with Gasteiger partial charge < -0.3 is 5.32 Å². The molecule has 0 bridgehead atoms. The molecule has 0 saturated heterocycles. The zero-order valence-corrected chi connectivity index (χ0v) is 13.5. The number of thioether (sulfide) groups is 1. The number of nitrogens with one attached hydrogen (secondary N) is 2. The monoisotopic (exact) mass is 336 g/mol. The van der Waals surface area contributed by atoms with Crippen LogP contribution in [0.4, 0.5) is 4.79 Å². The van der Waals surface area contributed by atoms with E-state index in [1.165, 1.54) is 18.1 Å². The van der Waals surface area contributed by atoms with Crippen LogP contribution in [0.5, 0.6) is 0 Å². The fourth-order valence-corrected chi connectivity index (χ4v) is 4.20. The molecule has 8 heteroatoms. The van der Waals surface area contributed by atoms with E-state index in [-0.39, 0.29) is 17.7 Å². The standard InChI is InChI=1S/C14H16N4O2S2/c19-11(18-14(20)17-9-3-1-2-4-9)7-22-13-12-10(5-6-21-12)15-8-16-13/h5-6,8-9H,1-4,7H2,(H2,17,18,19,20). The third kappa shape index (κ3) is 3.75. The van der Waals surface area contributed by atoms with Crippen LogP contribution in [0.25, 0.3) is 10.2 Å². The lowest BCUT2D eigenvalue weighted by Gasteiger charge is -2.12. The van der Waals surface area contributed by atoms with E-state index in [0.29, 0.717) is 0 Å². The average Bonchev–Trinajstić information content (AvgIpc) is 3.15. The molecule has 1 saturated carbocycles. The van der Waals surface area contributed by atoms with E-state index in [1.54, 1.807) is 11.3 Å². The number of rotatable bonds is 4. The van der Waals surface area contributed by atoms with Crippen LogP contribution in [-0.4, -0.2) is 33.7 Å². The number of urea groups is 1. The molecule has 0 radical (unpaired) electrons. The van der Waals surface area contributed by atoms with E-state index in [1.807, 2.05) is 11.4 Å². The second-order valence-electron chi connectivity index (χ2n) is 5.11. The molecule has 3 amide bonds. The van der Waals surface area contributed by atoms with Gasteiger partial charge in [0.2, 0.25) is 5.91 Å². The quantitative estimate of drug-likeness (QED) is 0.662. The molecule has 2 aromatic rings. The first kappa shape index (κ1) is 15.2. The van der Waals surface area contributed by atoms with Gasteiger partial charge in [-0.1, -0.05) is 24.6 Å². The molecule has 2 N–H and O–H groups in total. The number of hydrogen-bond acceptors (Lipinski definition) is 6. The van der Waals surface area contributed by atoms with Crippen molar-refractivity contribution in [2.24, 2.45) is 0 Å². The van der Waals surface area contributed by atoms with E-state index >= 15 is 0 Å². The van der Waals surface area contributed by atoms with E-state index in [9.17, 15) is 9.59 Å². The lowest BCUT2D eigenvalue weighted by Crippen LogP contribution is -2.44. The SMILES string of the molecule is O=C(CSc1ncnc2ccsc12)NC(=O)NC1CCCC1. The first-order chi connectivity index (χ1) is 10.7. The molecule has 0 unspecified atom stereocenters. The van der Waals surface area contributed by atoms with Gasteiger partial charge in [0.05, 0.1) is 16.0 Å². The Kier molecular flexibility index (Phi) is 4.89. The summed E-state index contributed by atoms with van der Waals surface area (Å²) in [6.07, 6.45) is 5.75. The number of carbonyl (C=O) groups is 2. The predicted molar refractivity (Wildman–Crippen MR) is 87.1 cm³/mol. The third-order valence-electron chi connectivity index (χ3n) is 3.49. The highest BCUT2D eigenvalue weighted by Gasteiger charge is 2.18. The van der Waals surface area contributed by atoms with Gasteiger partial charge in [0.1, 0.15) is 11.4 Å². The molecule has 0 aromatic carbocycles. The highest BCUT2D eigenvalue weighted by molar-refractivity contribution is 8.00. The normalized spacial score (nSPS) is 15.1. The van der Waals surface area contributed by atoms with Crippen molar-refractivity contribution < 1.29 is 9.59 Å². The van der Waals surface area contributed by atoms with Crippen molar-refractivity contribution in [3.8, 4) is 0 Å². The Balaban J connectivity index is 1.49. The summed E-state index contributed by atoms with van der Waals surface area (Å²) in [7, 11) is 0. The second kappa shape index (κ2) is 7.06. The van der Waals surface area contributed by atoms with Gasteiger partial charge in [-0.15, -0.1) is 11.3 Å². The van der Waals surface area contributed by atoms with Crippen molar-refractivity contribution in [3.05, 3.63) is 17.8 Å². The van der Waals surface area contributed by atoms with Gasteiger partial charge in [-0.3, -0.25) is 10.1 Å². The van der Waals surface area contributed by atoms with Crippen LogP contribution in [0.1, 0.15) is 25.7 Å². The van der Waals surface area contributed by atoms with Crippen LogP contribution in [0.2, 0.25) is 0 Å². The lowest BCUT2D eigenvalue weighted by atomic mass is 10.2. The maximum atomic E-state index is 11.8. The molecule has 3 rings (SSSR count). The van der Waals surface area contributed by atoms with Crippen LogP contribution in [0.3, 0.4) is 0 Å². The largest absolute Gasteiger partial charge is 0.335 e. The van der Waals surface area contributed by atoms with Crippen molar-refractivity contribution in [2.45, 2.75) is 36.8 Å². The Hall–Kier alpha value is -1.67. The van der Waals surface area contributed by atoms with Crippen LogP contribution in [0, 0.1) is 0 Å². The number of thiophene rings is 1. The first-order valence-corrected chi connectivity index (χ1v) is 9.00. The van der Waals surface area contributed by atoms with Gasteiger partial charge in [0, 0.05) is 6.04 Å². The second-order valence-corrected chi connectivity index (χ2v) is 6.99. The molecular weight excluding hydrogens is 320 g/mol. The molecule has 1 fully saturated rings. The molecule has 1 aliphatic rings. The minimum Gasteiger partial charge on any atom is -0.335 e. The maximum absolute atomic E-state index is 11.8. The Morgan fingerprint density at radius 2 is 2.14 bits per heavy atom. The summed E-state index contributed by atoms with van der Waals surface area (Å²) in [5.41, 5.74) is 0.877. The molecule has 0 spiro atoms. The maximum Gasteiger partial charge on any atom is 0.321 e. The Bertz CT molecular complexity index is 682. The highest BCUT2D eigenvalue weighted by Crippen LogP contribution is 2.28. The zero-order chi connectivity index (χ0) is 15.4. The van der Waals surface area contributed by atoms with Gasteiger partial charge in [0.25, 0.3) is 0 Å². The third-order valence-corrected chi connectivity index (χ3v) is 5.52. The van der Waals surface area contributed by atoms with Crippen molar-refractivity contribution >= 4 is 45.3 Å². The van der Waals surface area contributed by atoms with Gasteiger partial charge in [0.15, 0.2) is 0 Å². The van der Waals surface area contributed by atoms with Gasteiger partial charge in [-0.25, -0.2) is 14.8 Å². The molecule has 0 aliphatic heterocycles.